The van der Waals surface area contributed by atoms with Crippen molar-refractivity contribution in [3.63, 3.8) is 0 Å². The predicted octanol–water partition coefficient (Wildman–Crippen LogP) is 4.76. The molecule has 0 bridgehead atoms. The topological polar surface area (TPSA) is 17.8 Å². The summed E-state index contributed by atoms with van der Waals surface area (Å²) in [5.41, 5.74) is 9.46. The van der Waals surface area contributed by atoms with Gasteiger partial charge in [0.15, 0.2) is 0 Å². The Balaban J connectivity index is 1.88. The zero-order chi connectivity index (χ0) is 16.4. The maximum absolute atomic E-state index is 4.38. The Labute approximate surface area is 138 Å². The molecule has 0 aliphatic carbocycles. The summed E-state index contributed by atoms with van der Waals surface area (Å²) in [6.45, 7) is 9.63. The molecule has 0 saturated heterocycles. The first kappa shape index (κ1) is 15.5. The van der Waals surface area contributed by atoms with Gasteiger partial charge in [-0.3, -0.25) is 0 Å². The minimum absolute atomic E-state index is 0.883. The molecular weight excluding hydrogens is 280 g/mol. The lowest BCUT2D eigenvalue weighted by Crippen LogP contribution is -2.06. The quantitative estimate of drug-likeness (QED) is 0.680. The number of nitrogens with zero attached hydrogens (tertiary/aromatic N) is 2. The fraction of sp³-hybridized carbons (Fsp3) is 0.286. The van der Waals surface area contributed by atoms with Gasteiger partial charge in [0.25, 0.3) is 0 Å². The SMILES string of the molecule is Cc1cccc(Cc2cncn2Cc2cccc(C)c2C)c1C. The molecular formula is C21H24N2. The van der Waals surface area contributed by atoms with Gasteiger partial charge < -0.3 is 4.57 Å². The molecule has 3 aromatic rings. The highest BCUT2D eigenvalue weighted by atomic mass is 15.0. The van der Waals surface area contributed by atoms with Crippen LogP contribution in [0.4, 0.5) is 0 Å². The van der Waals surface area contributed by atoms with Crippen LogP contribution in [-0.2, 0) is 13.0 Å². The Hall–Kier alpha value is -2.35. The van der Waals surface area contributed by atoms with Crippen molar-refractivity contribution >= 4 is 0 Å². The zero-order valence-corrected chi connectivity index (χ0v) is 14.4. The summed E-state index contributed by atoms with van der Waals surface area (Å²) in [5.74, 6) is 0. The van der Waals surface area contributed by atoms with Gasteiger partial charge in [0, 0.05) is 24.9 Å². The summed E-state index contributed by atoms with van der Waals surface area (Å²) in [4.78, 5) is 4.38. The summed E-state index contributed by atoms with van der Waals surface area (Å²) in [7, 11) is 0. The van der Waals surface area contributed by atoms with Crippen molar-refractivity contribution in [3.05, 3.63) is 88.0 Å². The average Bonchev–Trinajstić information content (AvgIpc) is 2.96. The first-order valence-corrected chi connectivity index (χ1v) is 8.15. The van der Waals surface area contributed by atoms with Gasteiger partial charge in [0.05, 0.1) is 6.33 Å². The number of aromatic nitrogens is 2. The van der Waals surface area contributed by atoms with Crippen LogP contribution in [-0.4, -0.2) is 9.55 Å². The summed E-state index contributed by atoms with van der Waals surface area (Å²) in [6, 6.07) is 13.1. The monoisotopic (exact) mass is 304 g/mol. The maximum Gasteiger partial charge on any atom is 0.0951 e. The van der Waals surface area contributed by atoms with E-state index in [4.69, 9.17) is 0 Å². The number of imidazole rings is 1. The Kier molecular flexibility index (Phi) is 4.33. The van der Waals surface area contributed by atoms with Crippen LogP contribution in [0.3, 0.4) is 0 Å². The molecule has 1 heterocycles. The molecule has 0 fully saturated rings. The zero-order valence-electron chi connectivity index (χ0n) is 14.4. The molecule has 0 aliphatic rings. The minimum atomic E-state index is 0.883. The predicted molar refractivity (Wildman–Crippen MR) is 96.0 cm³/mol. The largest absolute Gasteiger partial charge is 0.330 e. The van der Waals surface area contributed by atoms with Crippen LogP contribution in [0.2, 0.25) is 0 Å². The van der Waals surface area contributed by atoms with Gasteiger partial charge >= 0.3 is 0 Å². The summed E-state index contributed by atoms with van der Waals surface area (Å²) in [6.07, 6.45) is 4.87. The maximum atomic E-state index is 4.38. The molecule has 0 unspecified atom stereocenters. The van der Waals surface area contributed by atoms with Gasteiger partial charge in [0.2, 0.25) is 0 Å². The van der Waals surface area contributed by atoms with E-state index in [-0.39, 0.29) is 0 Å². The number of aryl methyl sites for hydroxylation is 2. The lowest BCUT2D eigenvalue weighted by Gasteiger charge is -2.13. The second-order valence-corrected chi connectivity index (χ2v) is 6.41. The van der Waals surface area contributed by atoms with E-state index in [9.17, 15) is 0 Å². The number of hydrogen-bond acceptors (Lipinski definition) is 1. The second kappa shape index (κ2) is 6.41. The highest BCUT2D eigenvalue weighted by Crippen LogP contribution is 2.19. The van der Waals surface area contributed by atoms with Crippen molar-refractivity contribution in [2.24, 2.45) is 0 Å². The van der Waals surface area contributed by atoms with E-state index >= 15 is 0 Å². The molecule has 1 aromatic heterocycles. The van der Waals surface area contributed by atoms with Crippen molar-refractivity contribution in [2.45, 2.75) is 40.7 Å². The van der Waals surface area contributed by atoms with Crippen LogP contribution in [0.5, 0.6) is 0 Å². The highest BCUT2D eigenvalue weighted by molar-refractivity contribution is 5.36. The smallest absolute Gasteiger partial charge is 0.0951 e. The molecule has 2 aromatic carbocycles. The molecule has 0 N–H and O–H groups in total. The molecule has 0 aliphatic heterocycles. The third kappa shape index (κ3) is 3.21. The molecule has 118 valence electrons. The Bertz CT molecular complexity index is 760. The molecule has 23 heavy (non-hydrogen) atoms. The fourth-order valence-electron chi connectivity index (χ4n) is 3.00. The van der Waals surface area contributed by atoms with E-state index in [0.717, 1.165) is 13.0 Å². The van der Waals surface area contributed by atoms with Gasteiger partial charge in [-0.2, -0.15) is 0 Å². The first-order chi connectivity index (χ1) is 11.1. The van der Waals surface area contributed by atoms with Gasteiger partial charge in [0.1, 0.15) is 0 Å². The van der Waals surface area contributed by atoms with E-state index in [1.165, 1.54) is 39.1 Å². The van der Waals surface area contributed by atoms with Gasteiger partial charge in [-0.25, -0.2) is 4.98 Å². The Morgan fingerprint density at radius 2 is 1.43 bits per heavy atom. The summed E-state index contributed by atoms with van der Waals surface area (Å²) < 4.78 is 2.27. The molecule has 2 nitrogen and oxygen atoms in total. The first-order valence-electron chi connectivity index (χ1n) is 8.15. The molecule has 0 radical (unpaired) electrons. The second-order valence-electron chi connectivity index (χ2n) is 6.41. The van der Waals surface area contributed by atoms with Crippen molar-refractivity contribution in [1.82, 2.24) is 9.55 Å². The minimum Gasteiger partial charge on any atom is -0.330 e. The lowest BCUT2D eigenvalue weighted by molar-refractivity contribution is 0.748. The van der Waals surface area contributed by atoms with Crippen molar-refractivity contribution in [3.8, 4) is 0 Å². The van der Waals surface area contributed by atoms with Crippen LogP contribution < -0.4 is 0 Å². The molecule has 2 heteroatoms. The number of hydrogen-bond donors (Lipinski definition) is 0. The van der Waals surface area contributed by atoms with E-state index < -0.39 is 0 Å². The molecule has 0 spiro atoms. The third-order valence-electron chi connectivity index (χ3n) is 4.94. The Morgan fingerprint density at radius 3 is 2.13 bits per heavy atom. The normalized spacial score (nSPS) is 11.0. The van der Waals surface area contributed by atoms with E-state index in [2.05, 4.69) is 73.6 Å². The van der Waals surface area contributed by atoms with Gasteiger partial charge in [-0.05, 0) is 61.1 Å². The summed E-state index contributed by atoms with van der Waals surface area (Å²) in [5, 5.41) is 0. The van der Waals surface area contributed by atoms with E-state index in [0.29, 0.717) is 0 Å². The molecule has 3 rings (SSSR count). The third-order valence-corrected chi connectivity index (χ3v) is 4.94. The van der Waals surface area contributed by atoms with Gasteiger partial charge in [-0.1, -0.05) is 36.4 Å². The Morgan fingerprint density at radius 1 is 0.826 bits per heavy atom. The molecule has 0 amide bonds. The van der Waals surface area contributed by atoms with Crippen LogP contribution in [0.25, 0.3) is 0 Å². The van der Waals surface area contributed by atoms with Crippen LogP contribution in [0.1, 0.15) is 39.1 Å². The molecule has 0 saturated carbocycles. The lowest BCUT2D eigenvalue weighted by atomic mass is 9.99. The van der Waals surface area contributed by atoms with Crippen LogP contribution in [0.15, 0.2) is 48.9 Å². The van der Waals surface area contributed by atoms with Crippen molar-refractivity contribution < 1.29 is 0 Å². The summed E-state index contributed by atoms with van der Waals surface area (Å²) >= 11 is 0. The average molecular weight is 304 g/mol. The fourth-order valence-corrected chi connectivity index (χ4v) is 3.00. The van der Waals surface area contributed by atoms with Crippen LogP contribution >= 0.6 is 0 Å². The molecule has 0 atom stereocenters. The van der Waals surface area contributed by atoms with Crippen LogP contribution in [0, 0.1) is 27.7 Å². The van der Waals surface area contributed by atoms with Gasteiger partial charge in [-0.15, -0.1) is 0 Å². The highest BCUT2D eigenvalue weighted by Gasteiger charge is 2.09. The van der Waals surface area contributed by atoms with E-state index in [1.54, 1.807) is 0 Å². The number of rotatable bonds is 4. The van der Waals surface area contributed by atoms with Crippen molar-refractivity contribution in [1.29, 1.82) is 0 Å². The van der Waals surface area contributed by atoms with E-state index in [1.807, 2.05) is 12.5 Å². The van der Waals surface area contributed by atoms with Crippen molar-refractivity contribution in [2.75, 3.05) is 0 Å². The number of benzene rings is 2. The standard InChI is InChI=1S/C21H24N2/c1-15-7-5-9-19(17(15)3)11-21-12-22-14-23(21)13-20-10-6-8-16(2)18(20)4/h5-10,12,14H,11,13H2,1-4H3.